The highest BCUT2D eigenvalue weighted by atomic mass is 16.5. The first-order valence-corrected chi connectivity index (χ1v) is 9.58. The zero-order valence-electron chi connectivity index (χ0n) is 17.1. The Labute approximate surface area is 175 Å². The number of carbonyl (C=O) groups excluding carboxylic acids is 3. The number of nitrogens with one attached hydrogen (secondary N) is 2. The van der Waals surface area contributed by atoms with Crippen molar-refractivity contribution in [3.05, 3.63) is 35.4 Å². The van der Waals surface area contributed by atoms with Crippen LogP contribution in [0.4, 0.5) is 0 Å². The summed E-state index contributed by atoms with van der Waals surface area (Å²) in [6.45, 7) is 4.04. The van der Waals surface area contributed by atoms with E-state index in [2.05, 4.69) is 16.6 Å². The van der Waals surface area contributed by atoms with E-state index in [1.54, 1.807) is 24.3 Å². The van der Waals surface area contributed by atoms with E-state index in [-0.39, 0.29) is 12.5 Å². The van der Waals surface area contributed by atoms with Crippen LogP contribution in [0.1, 0.15) is 24.2 Å². The molecule has 1 saturated heterocycles. The molecule has 3 atom stereocenters. The number of amides is 2. The molecule has 30 heavy (non-hydrogen) atoms. The summed E-state index contributed by atoms with van der Waals surface area (Å²) in [4.78, 5) is 38.8. The van der Waals surface area contributed by atoms with Crippen LogP contribution in [0.2, 0.25) is 0 Å². The van der Waals surface area contributed by atoms with E-state index >= 15 is 0 Å². The Hall–Kier alpha value is -2.93. The number of aliphatic hydroxyl groups excluding tert-OH is 1. The van der Waals surface area contributed by atoms with E-state index in [1.807, 2.05) is 4.90 Å². The summed E-state index contributed by atoms with van der Waals surface area (Å²) in [6.07, 6.45) is 3.96. The maximum Gasteiger partial charge on any atom is 0.331 e. The van der Waals surface area contributed by atoms with E-state index in [9.17, 15) is 19.5 Å². The third-order valence-electron chi connectivity index (χ3n) is 4.73. The lowest BCUT2D eigenvalue weighted by molar-refractivity contribution is -0.148. The zero-order chi connectivity index (χ0) is 22.1. The predicted octanol–water partition coefficient (Wildman–Crippen LogP) is -0.804. The maximum absolute atomic E-state index is 12.5. The molecule has 9 nitrogen and oxygen atoms in total. The van der Waals surface area contributed by atoms with Gasteiger partial charge in [0.2, 0.25) is 11.8 Å². The maximum atomic E-state index is 12.5. The van der Waals surface area contributed by atoms with Crippen molar-refractivity contribution >= 4 is 17.8 Å². The van der Waals surface area contributed by atoms with Crippen molar-refractivity contribution < 1.29 is 29.0 Å². The van der Waals surface area contributed by atoms with Crippen LogP contribution in [0.5, 0.6) is 0 Å². The number of rotatable bonds is 8. The molecule has 162 valence electrons. The van der Waals surface area contributed by atoms with Gasteiger partial charge in [-0.25, -0.2) is 4.79 Å². The molecule has 9 heteroatoms. The van der Waals surface area contributed by atoms with E-state index in [4.69, 9.17) is 15.9 Å². The highest BCUT2D eigenvalue weighted by Crippen LogP contribution is 2.18. The Kier molecular flexibility index (Phi) is 8.80. The van der Waals surface area contributed by atoms with Gasteiger partial charge in [0.15, 0.2) is 6.04 Å². The molecule has 1 heterocycles. The number of nitrogens with zero attached hydrogens (tertiary/aromatic N) is 1. The monoisotopic (exact) mass is 417 g/mol. The summed E-state index contributed by atoms with van der Waals surface area (Å²) in [5, 5.41) is 15.6. The summed E-state index contributed by atoms with van der Waals surface area (Å²) in [5.41, 5.74) is 0.995. The van der Waals surface area contributed by atoms with Crippen molar-refractivity contribution in [2.45, 2.75) is 25.1 Å². The Morgan fingerprint density at radius 3 is 2.43 bits per heavy atom. The predicted molar refractivity (Wildman–Crippen MR) is 108 cm³/mol. The minimum Gasteiger partial charge on any atom is -0.467 e. The second kappa shape index (κ2) is 11.3. The van der Waals surface area contributed by atoms with Gasteiger partial charge in [-0.3, -0.25) is 14.5 Å². The fourth-order valence-corrected chi connectivity index (χ4v) is 2.96. The second-order valence-corrected chi connectivity index (χ2v) is 6.90. The molecule has 0 radical (unpaired) electrons. The molecule has 3 N–H and O–H groups in total. The fraction of sp³-hybridized carbons (Fsp3) is 0.476. The quantitative estimate of drug-likeness (QED) is 0.374. The van der Waals surface area contributed by atoms with E-state index in [1.165, 1.54) is 6.92 Å². The van der Waals surface area contributed by atoms with E-state index in [0.29, 0.717) is 37.4 Å². The van der Waals surface area contributed by atoms with Crippen molar-refractivity contribution in [2.75, 3.05) is 40.0 Å². The standard InChI is InChI=1S/C21H27N3O6/c1-4-15-5-7-16(8-6-15)19(26)18(21(28)29-3)23-20(27)14(2)22-17(25)13-24-9-11-30-12-10-24/h1,5-8,14,18-19,26H,9-13H2,2-3H3,(H,22,25)(H,23,27)/t14-,18-,19+/m0/s1. The van der Waals surface area contributed by atoms with Crippen molar-refractivity contribution in [1.82, 2.24) is 15.5 Å². The van der Waals surface area contributed by atoms with Crippen LogP contribution < -0.4 is 10.6 Å². The van der Waals surface area contributed by atoms with Crippen molar-refractivity contribution in [2.24, 2.45) is 0 Å². The molecular formula is C21H27N3O6. The van der Waals surface area contributed by atoms with Gasteiger partial charge < -0.3 is 25.2 Å². The number of hydrogen-bond acceptors (Lipinski definition) is 7. The third-order valence-corrected chi connectivity index (χ3v) is 4.73. The molecule has 2 amide bonds. The SMILES string of the molecule is C#Cc1ccc([C@@H](O)[C@H](NC(=O)[C@H](C)NC(=O)CN2CCOCC2)C(=O)OC)cc1. The molecule has 1 fully saturated rings. The minimum absolute atomic E-state index is 0.144. The van der Waals surface area contributed by atoms with Crippen LogP contribution >= 0.6 is 0 Å². The molecule has 2 rings (SSSR count). The smallest absolute Gasteiger partial charge is 0.331 e. The van der Waals surface area contributed by atoms with Gasteiger partial charge in [0.1, 0.15) is 12.1 Å². The minimum atomic E-state index is -1.36. The van der Waals surface area contributed by atoms with Crippen LogP contribution in [0, 0.1) is 12.3 Å². The van der Waals surface area contributed by atoms with Gasteiger partial charge >= 0.3 is 5.97 Å². The molecule has 1 aromatic rings. The molecule has 0 saturated carbocycles. The number of benzene rings is 1. The number of methoxy groups -OCH3 is 1. The number of terminal acetylenes is 1. The molecule has 0 unspecified atom stereocenters. The summed E-state index contributed by atoms with van der Waals surface area (Å²) < 4.78 is 9.94. The molecular weight excluding hydrogens is 390 g/mol. The first-order chi connectivity index (χ1) is 14.3. The van der Waals surface area contributed by atoms with Gasteiger partial charge in [-0.15, -0.1) is 6.42 Å². The number of hydrogen-bond donors (Lipinski definition) is 3. The van der Waals surface area contributed by atoms with Crippen LogP contribution in [-0.4, -0.2) is 79.8 Å². The molecule has 0 bridgehead atoms. The van der Waals surface area contributed by atoms with Crippen LogP contribution in [0.25, 0.3) is 0 Å². The summed E-state index contributed by atoms with van der Waals surface area (Å²) in [6, 6.07) is 4.09. The molecule has 1 aliphatic rings. The highest BCUT2D eigenvalue weighted by Gasteiger charge is 2.32. The molecule has 1 aromatic carbocycles. The Balaban J connectivity index is 1.98. The molecule has 0 aromatic heterocycles. The lowest BCUT2D eigenvalue weighted by atomic mass is 10.0. The van der Waals surface area contributed by atoms with E-state index in [0.717, 1.165) is 7.11 Å². The van der Waals surface area contributed by atoms with Crippen molar-refractivity contribution in [3.8, 4) is 12.3 Å². The summed E-state index contributed by atoms with van der Waals surface area (Å²) in [5.74, 6) is 0.696. The summed E-state index contributed by atoms with van der Waals surface area (Å²) in [7, 11) is 1.16. The van der Waals surface area contributed by atoms with Crippen LogP contribution in [-0.2, 0) is 23.9 Å². The van der Waals surface area contributed by atoms with Gasteiger partial charge in [-0.2, -0.15) is 0 Å². The second-order valence-electron chi connectivity index (χ2n) is 6.90. The number of carbonyl (C=O) groups is 3. The van der Waals surface area contributed by atoms with Gasteiger partial charge in [-0.05, 0) is 24.6 Å². The Morgan fingerprint density at radius 1 is 1.23 bits per heavy atom. The van der Waals surface area contributed by atoms with Crippen molar-refractivity contribution in [3.63, 3.8) is 0 Å². The van der Waals surface area contributed by atoms with E-state index < -0.39 is 30.1 Å². The molecule has 0 spiro atoms. The largest absolute Gasteiger partial charge is 0.467 e. The number of aliphatic hydroxyl groups is 1. The lowest BCUT2D eigenvalue weighted by Gasteiger charge is -2.27. The van der Waals surface area contributed by atoms with Gasteiger partial charge in [-0.1, -0.05) is 18.1 Å². The van der Waals surface area contributed by atoms with Gasteiger partial charge in [0, 0.05) is 18.7 Å². The first kappa shape index (κ1) is 23.3. The highest BCUT2D eigenvalue weighted by molar-refractivity contribution is 5.91. The number of ether oxygens (including phenoxy) is 2. The first-order valence-electron chi connectivity index (χ1n) is 9.58. The van der Waals surface area contributed by atoms with Crippen molar-refractivity contribution in [1.29, 1.82) is 0 Å². The van der Waals surface area contributed by atoms with Crippen LogP contribution in [0.3, 0.4) is 0 Å². The normalized spacial score (nSPS) is 17.1. The summed E-state index contributed by atoms with van der Waals surface area (Å²) >= 11 is 0. The van der Waals surface area contributed by atoms with Gasteiger partial charge in [0.25, 0.3) is 0 Å². The topological polar surface area (TPSA) is 117 Å². The average Bonchev–Trinajstić information content (AvgIpc) is 2.76. The zero-order valence-corrected chi connectivity index (χ0v) is 17.1. The fourth-order valence-electron chi connectivity index (χ4n) is 2.96. The molecule has 0 aliphatic carbocycles. The van der Waals surface area contributed by atoms with Gasteiger partial charge in [0.05, 0.1) is 26.9 Å². The van der Waals surface area contributed by atoms with Crippen LogP contribution in [0.15, 0.2) is 24.3 Å². The Bertz CT molecular complexity index is 783. The lowest BCUT2D eigenvalue weighted by Crippen LogP contribution is -2.54. The Morgan fingerprint density at radius 2 is 1.87 bits per heavy atom. The number of esters is 1. The number of morpholine rings is 1. The third kappa shape index (κ3) is 6.56. The average molecular weight is 417 g/mol. The molecule has 1 aliphatic heterocycles.